The van der Waals surface area contributed by atoms with Crippen molar-refractivity contribution in [1.82, 2.24) is 0 Å². The third kappa shape index (κ3) is 46.6. The summed E-state index contributed by atoms with van der Waals surface area (Å²) in [5.74, 6) is -3.30. The number of rotatable bonds is 57. The molecule has 1 aromatic rings. The molecule has 0 saturated heterocycles. The smallest absolute Gasteiger partial charge is 0.373 e. The first-order chi connectivity index (χ1) is 59.8. The topological polar surface area (TPSA) is 351 Å². The third-order valence-electron chi connectivity index (χ3n) is 27.2. The van der Waals surface area contributed by atoms with Crippen LogP contribution < -0.4 is 4.74 Å². The minimum atomic E-state index is -3.28. The Kier molecular flexibility index (Phi) is 63.2. The molecule has 0 bridgehead atoms. The number of benzene rings is 1. The SMILES string of the molecule is CCCCCCC[C@H]1C(=O)C[C@@H](O)[C@@H]1/C=C/CC(C)(O)CCCC.CCCCCCC[C@H]1C(=O)C[C@@H](O)[C@@H]1/C=C/[C@@H](O)CCCCC.CCCCCCC[C@H]1C(=O)C[C@@H](O)[C@@H]1CCC(=O)C(F)(F)CCCC.CCCCC[C@H](O)/C=C/[C@@H]1[C@@H](C/C=C\CCCC(=O)O)[C@@H](O)C[C@H]1O.CCCCC[C@H](O)CC[C@@H]1[C@H]2Cc3cccc(OC)c3C[C@H]2C[C@H]1O.O=C=O. The molecule has 5 saturated carbocycles. The summed E-state index contributed by atoms with van der Waals surface area (Å²) in [6.45, 7) is 18.8. The van der Waals surface area contributed by atoms with Crippen LogP contribution in [-0.4, -0.2) is 165 Å². The summed E-state index contributed by atoms with van der Waals surface area (Å²) in [6.07, 6.45) is 55.2. The van der Waals surface area contributed by atoms with Crippen LogP contribution in [0.25, 0.3) is 0 Å². The van der Waals surface area contributed by atoms with E-state index in [1.54, 1.807) is 19.3 Å². The number of carboxylic acids is 1. The first-order valence-electron chi connectivity index (χ1n) is 49.7. The van der Waals surface area contributed by atoms with Gasteiger partial charge in [0.05, 0.1) is 67.6 Å². The molecule has 0 spiro atoms. The molecule has 0 heterocycles. The van der Waals surface area contributed by atoms with Gasteiger partial charge in [-0.2, -0.15) is 18.4 Å². The van der Waals surface area contributed by atoms with Gasteiger partial charge in [-0.15, -0.1) is 0 Å². The number of unbranched alkanes of at least 4 members (excludes halogenated alkanes) is 21. The number of alkyl halides is 2. The zero-order valence-electron chi connectivity index (χ0n) is 79.1. The van der Waals surface area contributed by atoms with E-state index in [1.807, 2.05) is 50.3 Å². The number of aliphatic hydroxyl groups is 10. The number of fused-ring (bicyclic) bond motifs is 2. The van der Waals surface area contributed by atoms with E-state index in [0.29, 0.717) is 75.5 Å². The Labute approximate surface area is 753 Å². The second kappa shape index (κ2) is 68.1. The Morgan fingerprint density at radius 1 is 0.480 bits per heavy atom. The minimum Gasteiger partial charge on any atom is -0.496 e. The average molecular weight is 1770 g/mol. The highest BCUT2D eigenvalue weighted by Gasteiger charge is 2.47. The number of carbonyl (C=O) groups is 5. The number of halogens is 2. The highest BCUT2D eigenvalue weighted by Crippen LogP contribution is 2.49. The molecular formula is C104H176F2O19. The predicted molar refractivity (Wildman–Crippen MR) is 494 cm³/mol. The summed E-state index contributed by atoms with van der Waals surface area (Å²) in [6, 6.07) is 6.35. The molecule has 0 radical (unpaired) electrons. The van der Waals surface area contributed by atoms with E-state index in [4.69, 9.17) is 19.4 Å². The molecule has 1 aromatic carbocycles. The van der Waals surface area contributed by atoms with Gasteiger partial charge in [-0.05, 0) is 169 Å². The highest BCUT2D eigenvalue weighted by atomic mass is 19.3. The lowest BCUT2D eigenvalue weighted by Gasteiger charge is -2.32. The summed E-state index contributed by atoms with van der Waals surface area (Å²) in [5, 5.41) is 111. The van der Waals surface area contributed by atoms with Gasteiger partial charge in [0.15, 0.2) is 0 Å². The van der Waals surface area contributed by atoms with Crippen molar-refractivity contribution in [3.05, 3.63) is 77.9 Å². The molecule has 125 heavy (non-hydrogen) atoms. The maximum atomic E-state index is 13.8. The van der Waals surface area contributed by atoms with Gasteiger partial charge >= 0.3 is 18.0 Å². The molecule has 5 fully saturated rings. The summed E-state index contributed by atoms with van der Waals surface area (Å²) in [4.78, 5) is 74.9. The zero-order valence-corrected chi connectivity index (χ0v) is 79.1. The van der Waals surface area contributed by atoms with Crippen LogP contribution in [0.5, 0.6) is 5.75 Å². The van der Waals surface area contributed by atoms with Crippen molar-refractivity contribution < 1.29 is 103 Å². The Balaban J connectivity index is 0.000000525. The van der Waals surface area contributed by atoms with Gasteiger partial charge in [-0.25, -0.2) is 0 Å². The van der Waals surface area contributed by atoms with Gasteiger partial charge in [0.25, 0.3) is 0 Å². The standard InChI is InChI=1S/C22H34O3.C21H38O3.C20H34F2O3.C20H34O5.C20H36O3.CO2/c1-3-4-5-8-17(23)10-11-18-19-12-15-7-6-9-22(25-2)20(15)13-16(19)14-21(18)24;1-4-6-8-9-10-12-17-18(20(23)16-19(17)22)13-11-15-21(3,24)14-7-5-2;1-3-5-7-8-9-10-15-16(18(24)14-17(15)23)11-12-19(25)20(21,22)13-6-4-2;1-2-3-6-9-15(21)12-13-17-16(18(22)14-19(17)23)10-7-4-5-8-11-20(24)25;1-3-5-7-8-10-12-17-18(20(23)15-19(17)22)14-13-16(21)11-9-6-4-2;2-1-3/h6-7,9,16-19,21,23-24H,3-5,8,10-14H2,1-2H3;11,13,17-18,20,23-24H,4-10,12,14-16H2,1-3H3;15-16,18,24H,3-14H2,1-2H3;4,7,12-13,15-19,21-23H,2-3,5-6,8-11,14H2,1H3,(H,24,25);13-14,16-18,20-21,23H,3-12,15H2,1-2H3;/b;13-11+;;7-4-,13-12+;14-13+;/t16-,17-,18+,19-,21+;17-,18-,20-,21?;15-,16-,18-;15-,16+,17+,18-,19+;16-,17+,18+,20+;/m01100./s1. The van der Waals surface area contributed by atoms with E-state index in [9.17, 15) is 83.8 Å². The molecule has 6 aliphatic carbocycles. The van der Waals surface area contributed by atoms with E-state index in [2.05, 4.69) is 66.7 Å². The van der Waals surface area contributed by atoms with Crippen LogP contribution in [0, 0.1) is 65.1 Å². The number of hydrogen-bond donors (Lipinski definition) is 11. The molecule has 720 valence electrons. The van der Waals surface area contributed by atoms with Crippen LogP contribution in [0.3, 0.4) is 0 Å². The van der Waals surface area contributed by atoms with E-state index in [0.717, 1.165) is 173 Å². The third-order valence-corrected chi connectivity index (χ3v) is 27.2. The Morgan fingerprint density at radius 2 is 0.944 bits per heavy atom. The van der Waals surface area contributed by atoms with Gasteiger partial charge < -0.3 is 60.9 Å². The lowest BCUT2D eigenvalue weighted by molar-refractivity contribution is -0.192. The molecule has 11 N–H and O–H groups in total. The van der Waals surface area contributed by atoms with Crippen molar-refractivity contribution in [2.75, 3.05) is 7.11 Å². The fraction of sp³-hybridized carbons (Fsp3) is 0.808. The number of aliphatic hydroxyl groups excluding tert-OH is 9. The number of aliphatic carboxylic acids is 1. The Bertz CT molecular complexity index is 3180. The van der Waals surface area contributed by atoms with Gasteiger partial charge in [0, 0.05) is 80.5 Å². The fourth-order valence-electron chi connectivity index (χ4n) is 19.5. The quantitative estimate of drug-likeness (QED) is 0.0213. The first-order valence-corrected chi connectivity index (χ1v) is 49.7. The summed E-state index contributed by atoms with van der Waals surface area (Å²) >= 11 is 0. The van der Waals surface area contributed by atoms with Crippen LogP contribution in [0.4, 0.5) is 8.78 Å². The molecule has 0 amide bonds. The lowest BCUT2D eigenvalue weighted by atomic mass is 9.73. The van der Waals surface area contributed by atoms with Gasteiger partial charge in [0.2, 0.25) is 5.78 Å². The van der Waals surface area contributed by atoms with E-state index < -0.39 is 72.4 Å². The molecule has 19 nitrogen and oxygen atoms in total. The molecule has 21 heteroatoms. The number of carboxylic acid groups (broad SMARTS) is 1. The van der Waals surface area contributed by atoms with Crippen molar-refractivity contribution in [2.45, 2.75) is 463 Å². The second-order valence-corrected chi connectivity index (χ2v) is 37.7. The molecule has 21 atom stereocenters. The van der Waals surface area contributed by atoms with Gasteiger partial charge in [0.1, 0.15) is 23.1 Å². The summed E-state index contributed by atoms with van der Waals surface area (Å²) < 4.78 is 33.1. The highest BCUT2D eigenvalue weighted by molar-refractivity contribution is 5.87. The minimum absolute atomic E-state index is 0.0261. The normalized spacial score (nSPS) is 26.4. The molecule has 0 aliphatic heterocycles. The van der Waals surface area contributed by atoms with E-state index in [-0.39, 0.29) is 115 Å². The molecule has 0 aromatic heterocycles. The number of hydrogen-bond acceptors (Lipinski definition) is 18. The Hall–Kier alpha value is -5.03. The van der Waals surface area contributed by atoms with Crippen molar-refractivity contribution in [1.29, 1.82) is 0 Å². The van der Waals surface area contributed by atoms with Crippen molar-refractivity contribution >= 4 is 35.3 Å². The lowest BCUT2D eigenvalue weighted by Crippen LogP contribution is -2.30. The number of ether oxygens (including phenoxy) is 1. The van der Waals surface area contributed by atoms with Crippen molar-refractivity contribution in [2.24, 2.45) is 65.1 Å². The molecular weight excluding hydrogens is 1590 g/mol. The van der Waals surface area contributed by atoms with E-state index in [1.165, 1.54) is 81.8 Å². The zero-order chi connectivity index (χ0) is 93.1. The number of Topliss-reactive ketones (excluding diaryl/α,β-unsaturated/α-hetero) is 4. The monoisotopic (exact) mass is 1770 g/mol. The number of carbonyl (C=O) groups excluding carboxylic acids is 6. The van der Waals surface area contributed by atoms with Crippen LogP contribution in [-0.2, 0) is 46.4 Å². The van der Waals surface area contributed by atoms with Gasteiger partial charge in [-0.1, -0.05) is 289 Å². The molecule has 7 rings (SSSR count). The van der Waals surface area contributed by atoms with Crippen molar-refractivity contribution in [3.8, 4) is 5.75 Å². The van der Waals surface area contributed by atoms with Crippen LogP contribution >= 0.6 is 0 Å². The van der Waals surface area contributed by atoms with Crippen LogP contribution in [0.15, 0.2) is 66.8 Å². The maximum Gasteiger partial charge on any atom is 0.373 e. The van der Waals surface area contributed by atoms with Gasteiger partial charge in [-0.3, -0.25) is 24.0 Å². The number of allylic oxidation sites excluding steroid dienone is 2. The predicted octanol–water partition coefficient (Wildman–Crippen LogP) is 20.9. The molecule has 6 aliphatic rings. The average Bonchev–Trinajstić information content (AvgIpc) is 1.65. The second-order valence-electron chi connectivity index (χ2n) is 37.7. The fourth-order valence-corrected chi connectivity index (χ4v) is 19.5. The van der Waals surface area contributed by atoms with E-state index >= 15 is 0 Å². The summed E-state index contributed by atoms with van der Waals surface area (Å²) in [7, 11) is 1.74. The largest absolute Gasteiger partial charge is 0.496 e. The molecule has 1 unspecified atom stereocenters. The number of methoxy groups -OCH3 is 1. The Morgan fingerprint density at radius 3 is 1.46 bits per heavy atom. The van der Waals surface area contributed by atoms with Crippen LogP contribution in [0.1, 0.15) is 394 Å². The summed E-state index contributed by atoms with van der Waals surface area (Å²) in [5.41, 5.74) is 2.05. The van der Waals surface area contributed by atoms with Crippen molar-refractivity contribution in [3.63, 3.8) is 0 Å². The number of ketones is 4. The maximum absolute atomic E-state index is 13.8. The first kappa shape index (κ1) is 116. The van der Waals surface area contributed by atoms with Crippen LogP contribution in [0.2, 0.25) is 0 Å².